The third-order valence-electron chi connectivity index (χ3n) is 6.68. The van der Waals surface area contributed by atoms with Crippen molar-refractivity contribution in [3.8, 4) is 11.4 Å². The van der Waals surface area contributed by atoms with Gasteiger partial charge in [0.15, 0.2) is 0 Å². The molecule has 1 unspecified atom stereocenters. The van der Waals surface area contributed by atoms with Gasteiger partial charge in [-0.25, -0.2) is 0 Å². The Morgan fingerprint density at radius 2 is 1.85 bits per heavy atom. The maximum absolute atomic E-state index is 13.5. The van der Waals surface area contributed by atoms with E-state index in [1.54, 1.807) is 30.2 Å². The molecule has 33 heavy (non-hydrogen) atoms. The number of hydrogen-bond acceptors (Lipinski definition) is 5. The molecule has 1 fully saturated rings. The quantitative estimate of drug-likeness (QED) is 0.599. The van der Waals surface area contributed by atoms with Crippen LogP contribution in [-0.2, 0) is 18.9 Å². The first kappa shape index (κ1) is 22.7. The molecule has 0 aliphatic heterocycles. The molecule has 0 radical (unpaired) electrons. The average molecular weight is 450 g/mol. The molecule has 0 saturated heterocycles. The molecule has 4 rings (SSSR count). The number of rotatable bonds is 6. The summed E-state index contributed by atoms with van der Waals surface area (Å²) in [6, 6.07) is 5.37. The van der Waals surface area contributed by atoms with Crippen LogP contribution in [0.25, 0.3) is 11.4 Å². The number of nitrogens with two attached hydrogens (primary N) is 1. The molecular weight excluding hydrogens is 418 g/mol. The minimum atomic E-state index is -0.557. The van der Waals surface area contributed by atoms with Gasteiger partial charge in [-0.15, -0.1) is 0 Å². The van der Waals surface area contributed by atoms with Gasteiger partial charge >= 0.3 is 0 Å². The number of nitrogens with zero attached hydrogens (tertiary/aromatic N) is 5. The van der Waals surface area contributed by atoms with E-state index in [4.69, 9.17) is 5.73 Å². The van der Waals surface area contributed by atoms with E-state index in [1.807, 2.05) is 26.1 Å². The van der Waals surface area contributed by atoms with Crippen molar-refractivity contribution < 1.29 is 9.59 Å². The molecule has 9 heteroatoms. The predicted molar refractivity (Wildman–Crippen MR) is 125 cm³/mol. The summed E-state index contributed by atoms with van der Waals surface area (Å²) in [5.41, 5.74) is 9.74. The summed E-state index contributed by atoms with van der Waals surface area (Å²) < 4.78 is 3.24. The fraction of sp³-hybridized carbons (Fsp3) is 0.458. The molecule has 9 nitrogen and oxygen atoms in total. The highest BCUT2D eigenvalue weighted by molar-refractivity contribution is 5.96. The van der Waals surface area contributed by atoms with Crippen LogP contribution >= 0.6 is 0 Å². The SMILES string of the molecule is Cc1cnn(C)c1-c1ccc(NC(=O)C(c2cc(C(N)=O)n(C)n2)C2CCC(C)CC2)cn1. The van der Waals surface area contributed by atoms with Crippen LogP contribution < -0.4 is 11.1 Å². The Morgan fingerprint density at radius 3 is 2.39 bits per heavy atom. The number of carbonyl (C=O) groups is 2. The number of anilines is 1. The molecule has 3 N–H and O–H groups in total. The number of primary amides is 1. The fourth-order valence-corrected chi connectivity index (χ4v) is 4.82. The van der Waals surface area contributed by atoms with Gasteiger partial charge in [0, 0.05) is 14.1 Å². The topological polar surface area (TPSA) is 121 Å². The average Bonchev–Trinajstić information content (AvgIpc) is 3.32. The summed E-state index contributed by atoms with van der Waals surface area (Å²) in [7, 11) is 3.55. The summed E-state index contributed by atoms with van der Waals surface area (Å²) in [6.07, 6.45) is 7.49. The van der Waals surface area contributed by atoms with Crippen molar-refractivity contribution in [2.75, 3.05) is 5.32 Å². The van der Waals surface area contributed by atoms with Crippen LogP contribution in [0.1, 0.15) is 60.3 Å². The summed E-state index contributed by atoms with van der Waals surface area (Å²) in [4.78, 5) is 29.8. The van der Waals surface area contributed by atoms with Gasteiger partial charge in [0.2, 0.25) is 5.91 Å². The Kier molecular flexibility index (Phi) is 6.31. The lowest BCUT2D eigenvalue weighted by Crippen LogP contribution is -2.30. The maximum atomic E-state index is 13.5. The summed E-state index contributed by atoms with van der Waals surface area (Å²) in [6.45, 7) is 4.23. The van der Waals surface area contributed by atoms with E-state index in [-0.39, 0.29) is 11.8 Å². The summed E-state index contributed by atoms with van der Waals surface area (Å²) in [5.74, 6) is -0.355. The first-order valence-electron chi connectivity index (χ1n) is 11.3. The molecule has 0 bridgehead atoms. The molecule has 3 aromatic heterocycles. The van der Waals surface area contributed by atoms with Crippen molar-refractivity contribution >= 4 is 17.5 Å². The third kappa shape index (κ3) is 4.67. The van der Waals surface area contributed by atoms with Crippen LogP contribution in [0.4, 0.5) is 5.69 Å². The Labute approximate surface area is 193 Å². The van der Waals surface area contributed by atoms with Gasteiger partial charge in [-0.05, 0) is 55.4 Å². The highest BCUT2D eigenvalue weighted by atomic mass is 16.2. The normalized spacial score (nSPS) is 19.3. The predicted octanol–water partition coefficient (Wildman–Crippen LogP) is 3.17. The second-order valence-electron chi connectivity index (χ2n) is 9.16. The largest absolute Gasteiger partial charge is 0.364 e. The lowest BCUT2D eigenvalue weighted by atomic mass is 9.75. The molecule has 174 valence electrons. The molecular formula is C24H31N7O2. The fourth-order valence-electron chi connectivity index (χ4n) is 4.82. The van der Waals surface area contributed by atoms with Gasteiger partial charge in [-0.2, -0.15) is 10.2 Å². The van der Waals surface area contributed by atoms with E-state index in [9.17, 15) is 9.59 Å². The molecule has 1 atom stereocenters. The van der Waals surface area contributed by atoms with Gasteiger partial charge in [0.1, 0.15) is 5.69 Å². The van der Waals surface area contributed by atoms with Crippen molar-refractivity contribution in [2.24, 2.45) is 31.7 Å². The molecule has 2 amide bonds. The monoisotopic (exact) mass is 449 g/mol. The minimum Gasteiger partial charge on any atom is -0.364 e. The molecule has 3 aromatic rings. The number of carbonyl (C=O) groups excluding carboxylic acids is 2. The zero-order valence-electron chi connectivity index (χ0n) is 19.6. The van der Waals surface area contributed by atoms with E-state index in [0.29, 0.717) is 23.0 Å². The highest BCUT2D eigenvalue weighted by Crippen LogP contribution is 2.38. The minimum absolute atomic E-state index is 0.144. The van der Waals surface area contributed by atoms with Crippen LogP contribution in [0.3, 0.4) is 0 Å². The number of hydrogen-bond donors (Lipinski definition) is 2. The standard InChI is InChI=1S/C24H31N7O2/c1-14-5-7-16(8-6-14)21(19-11-20(23(25)32)30(3)29-19)24(33)28-17-9-10-18(26-13-17)22-15(2)12-27-31(22)4/h9-14,16,21H,5-8H2,1-4H3,(H2,25,32)(H,28,33). The van der Waals surface area contributed by atoms with Gasteiger partial charge < -0.3 is 11.1 Å². The summed E-state index contributed by atoms with van der Waals surface area (Å²) in [5, 5.41) is 11.8. The van der Waals surface area contributed by atoms with Crippen LogP contribution in [0.2, 0.25) is 0 Å². The summed E-state index contributed by atoms with van der Waals surface area (Å²) >= 11 is 0. The Balaban J connectivity index is 1.59. The number of nitrogens with one attached hydrogen (secondary N) is 1. The number of pyridine rings is 1. The van der Waals surface area contributed by atoms with E-state index in [2.05, 4.69) is 27.4 Å². The lowest BCUT2D eigenvalue weighted by Gasteiger charge is -2.31. The second-order valence-corrected chi connectivity index (χ2v) is 9.16. The molecule has 0 aromatic carbocycles. The second kappa shape index (κ2) is 9.17. The molecule has 1 saturated carbocycles. The van der Waals surface area contributed by atoms with Gasteiger partial charge in [-0.1, -0.05) is 19.8 Å². The first-order chi connectivity index (χ1) is 15.7. The number of amides is 2. The van der Waals surface area contributed by atoms with Crippen molar-refractivity contribution in [3.63, 3.8) is 0 Å². The van der Waals surface area contributed by atoms with Crippen molar-refractivity contribution in [3.05, 3.63) is 47.5 Å². The Morgan fingerprint density at radius 1 is 1.12 bits per heavy atom. The van der Waals surface area contributed by atoms with Gasteiger partial charge in [0.05, 0.1) is 41.1 Å². The highest BCUT2D eigenvalue weighted by Gasteiger charge is 2.35. The molecule has 1 aliphatic rings. The van der Waals surface area contributed by atoms with Crippen molar-refractivity contribution in [1.82, 2.24) is 24.5 Å². The maximum Gasteiger partial charge on any atom is 0.266 e. The van der Waals surface area contributed by atoms with E-state index in [1.165, 1.54) is 4.68 Å². The van der Waals surface area contributed by atoms with Crippen LogP contribution in [-0.4, -0.2) is 36.4 Å². The van der Waals surface area contributed by atoms with Crippen molar-refractivity contribution in [2.45, 2.75) is 45.4 Å². The molecule has 0 spiro atoms. The zero-order chi connectivity index (χ0) is 23.7. The van der Waals surface area contributed by atoms with Gasteiger partial charge in [-0.3, -0.25) is 23.9 Å². The Hall–Kier alpha value is -3.49. The zero-order valence-corrected chi connectivity index (χ0v) is 19.6. The van der Waals surface area contributed by atoms with Gasteiger partial charge in [0.25, 0.3) is 5.91 Å². The van der Waals surface area contributed by atoms with Crippen LogP contribution in [0.15, 0.2) is 30.6 Å². The van der Waals surface area contributed by atoms with Crippen molar-refractivity contribution in [1.29, 1.82) is 0 Å². The number of aryl methyl sites for hydroxylation is 3. The molecule has 3 heterocycles. The van der Waals surface area contributed by atoms with Crippen LogP contribution in [0.5, 0.6) is 0 Å². The molecule has 1 aliphatic carbocycles. The van der Waals surface area contributed by atoms with E-state index < -0.39 is 11.8 Å². The smallest absolute Gasteiger partial charge is 0.266 e. The number of aromatic nitrogens is 5. The third-order valence-corrected chi connectivity index (χ3v) is 6.68. The van der Waals surface area contributed by atoms with E-state index in [0.717, 1.165) is 42.6 Å². The first-order valence-corrected chi connectivity index (χ1v) is 11.3. The van der Waals surface area contributed by atoms with Crippen LogP contribution in [0, 0.1) is 18.8 Å². The van der Waals surface area contributed by atoms with E-state index >= 15 is 0 Å². The lowest BCUT2D eigenvalue weighted by molar-refractivity contribution is -0.119. The Bertz CT molecular complexity index is 1130.